The average Bonchev–Trinajstić information content (AvgIpc) is 2.77. The molecular formula is C15H12O3. The maximum Gasteiger partial charge on any atom is 0.339 e. The lowest BCUT2D eigenvalue weighted by molar-refractivity contribution is 0.0452. The van der Waals surface area contributed by atoms with Crippen LogP contribution in [0.15, 0.2) is 48.5 Å². The summed E-state index contributed by atoms with van der Waals surface area (Å²) in [5.74, 6) is 0.452. The van der Waals surface area contributed by atoms with Gasteiger partial charge in [0.25, 0.3) is 0 Å². The number of para-hydroxylation sites is 1. The molecule has 2 aromatic rings. The van der Waals surface area contributed by atoms with Crippen molar-refractivity contribution >= 4 is 5.97 Å². The minimum absolute atomic E-state index is 0.276. The molecule has 0 aromatic heterocycles. The van der Waals surface area contributed by atoms with E-state index < -0.39 is 0 Å². The van der Waals surface area contributed by atoms with E-state index in [1.54, 1.807) is 13.2 Å². The topological polar surface area (TPSA) is 35.5 Å². The summed E-state index contributed by atoms with van der Waals surface area (Å²) in [6.45, 7) is 0. The van der Waals surface area contributed by atoms with Gasteiger partial charge in [-0.1, -0.05) is 36.4 Å². The molecule has 18 heavy (non-hydrogen) atoms. The number of benzene rings is 2. The summed E-state index contributed by atoms with van der Waals surface area (Å²) in [7, 11) is 1.61. The molecule has 1 heterocycles. The van der Waals surface area contributed by atoms with E-state index in [-0.39, 0.29) is 12.1 Å². The Kier molecular flexibility index (Phi) is 2.52. The van der Waals surface area contributed by atoms with E-state index in [4.69, 9.17) is 9.47 Å². The Morgan fingerprint density at radius 3 is 2.44 bits per heavy atom. The summed E-state index contributed by atoms with van der Waals surface area (Å²) >= 11 is 0. The molecule has 0 saturated carbocycles. The van der Waals surface area contributed by atoms with Gasteiger partial charge in [0.15, 0.2) is 6.10 Å². The van der Waals surface area contributed by atoms with Gasteiger partial charge in [0, 0.05) is 11.1 Å². The predicted molar refractivity (Wildman–Crippen MR) is 66.7 cm³/mol. The van der Waals surface area contributed by atoms with Crippen LogP contribution in [0.5, 0.6) is 5.75 Å². The second kappa shape index (κ2) is 4.18. The van der Waals surface area contributed by atoms with Crippen LogP contribution < -0.4 is 4.74 Å². The van der Waals surface area contributed by atoms with Crippen molar-refractivity contribution in [1.29, 1.82) is 0 Å². The third kappa shape index (κ3) is 1.56. The first-order valence-electron chi connectivity index (χ1n) is 5.74. The van der Waals surface area contributed by atoms with Crippen molar-refractivity contribution in [2.45, 2.75) is 6.10 Å². The van der Waals surface area contributed by atoms with Crippen LogP contribution in [0.25, 0.3) is 0 Å². The van der Waals surface area contributed by atoms with E-state index in [0.717, 1.165) is 16.9 Å². The lowest BCUT2D eigenvalue weighted by Gasteiger charge is -2.14. The van der Waals surface area contributed by atoms with Gasteiger partial charge in [-0.25, -0.2) is 4.79 Å². The van der Waals surface area contributed by atoms with Crippen LogP contribution in [0.3, 0.4) is 0 Å². The lowest BCUT2D eigenvalue weighted by atomic mass is 9.99. The second-order valence-electron chi connectivity index (χ2n) is 4.11. The van der Waals surface area contributed by atoms with E-state index in [2.05, 4.69) is 0 Å². The third-order valence-electron chi connectivity index (χ3n) is 3.11. The fraction of sp³-hybridized carbons (Fsp3) is 0.133. The molecule has 3 nitrogen and oxygen atoms in total. The molecule has 0 amide bonds. The van der Waals surface area contributed by atoms with Crippen LogP contribution in [-0.4, -0.2) is 13.1 Å². The number of carbonyl (C=O) groups is 1. The van der Waals surface area contributed by atoms with Crippen molar-refractivity contribution in [3.8, 4) is 5.75 Å². The highest BCUT2D eigenvalue weighted by molar-refractivity contribution is 5.94. The normalized spacial score (nSPS) is 17.2. The molecule has 3 rings (SSSR count). The molecule has 1 aliphatic heterocycles. The first-order valence-corrected chi connectivity index (χ1v) is 5.74. The number of methoxy groups -OCH3 is 1. The van der Waals surface area contributed by atoms with E-state index in [9.17, 15) is 4.79 Å². The van der Waals surface area contributed by atoms with Crippen molar-refractivity contribution in [3.05, 3.63) is 65.2 Å². The maximum atomic E-state index is 11.8. The Bertz CT molecular complexity index is 604. The molecule has 0 aliphatic carbocycles. The predicted octanol–water partition coefficient (Wildman–Crippen LogP) is 2.96. The fourth-order valence-corrected chi connectivity index (χ4v) is 2.26. The summed E-state index contributed by atoms with van der Waals surface area (Å²) < 4.78 is 10.8. The molecule has 0 fully saturated rings. The number of esters is 1. The van der Waals surface area contributed by atoms with Gasteiger partial charge in [-0.15, -0.1) is 0 Å². The maximum absolute atomic E-state index is 11.8. The SMILES string of the molecule is COc1ccccc1[C@H]1OC(=O)c2ccccc21. The number of hydrogen-bond donors (Lipinski definition) is 0. The largest absolute Gasteiger partial charge is 0.496 e. The highest BCUT2D eigenvalue weighted by Crippen LogP contribution is 2.39. The Morgan fingerprint density at radius 1 is 1.00 bits per heavy atom. The van der Waals surface area contributed by atoms with Crippen molar-refractivity contribution < 1.29 is 14.3 Å². The van der Waals surface area contributed by atoms with Crippen LogP contribution in [0, 0.1) is 0 Å². The van der Waals surface area contributed by atoms with Gasteiger partial charge in [0.05, 0.1) is 12.7 Å². The monoisotopic (exact) mass is 240 g/mol. The zero-order valence-electron chi connectivity index (χ0n) is 9.92. The van der Waals surface area contributed by atoms with E-state index in [1.807, 2.05) is 42.5 Å². The van der Waals surface area contributed by atoms with E-state index in [1.165, 1.54) is 0 Å². The summed E-state index contributed by atoms with van der Waals surface area (Å²) in [5.41, 5.74) is 2.40. The molecule has 0 spiro atoms. The Morgan fingerprint density at radius 2 is 1.67 bits per heavy atom. The minimum Gasteiger partial charge on any atom is -0.496 e. The molecule has 2 aromatic carbocycles. The van der Waals surface area contributed by atoms with Crippen LogP contribution >= 0.6 is 0 Å². The summed E-state index contributed by atoms with van der Waals surface area (Å²) in [6, 6.07) is 15.0. The number of carbonyl (C=O) groups excluding carboxylic acids is 1. The molecule has 1 atom stereocenters. The first kappa shape index (κ1) is 10.8. The Balaban J connectivity index is 2.12. The molecule has 0 unspecified atom stereocenters. The van der Waals surface area contributed by atoms with Gasteiger partial charge < -0.3 is 9.47 Å². The molecule has 0 N–H and O–H groups in total. The fourth-order valence-electron chi connectivity index (χ4n) is 2.26. The van der Waals surface area contributed by atoms with Crippen molar-refractivity contribution in [1.82, 2.24) is 0 Å². The van der Waals surface area contributed by atoms with E-state index in [0.29, 0.717) is 5.56 Å². The molecule has 90 valence electrons. The third-order valence-corrected chi connectivity index (χ3v) is 3.11. The highest BCUT2D eigenvalue weighted by Gasteiger charge is 2.33. The van der Waals surface area contributed by atoms with Crippen molar-refractivity contribution in [2.75, 3.05) is 7.11 Å². The minimum atomic E-state index is -0.371. The van der Waals surface area contributed by atoms with Gasteiger partial charge in [0.2, 0.25) is 0 Å². The Labute approximate surface area is 105 Å². The molecule has 0 radical (unpaired) electrons. The first-order chi connectivity index (χ1) is 8.81. The number of cyclic esters (lactones) is 1. The smallest absolute Gasteiger partial charge is 0.339 e. The van der Waals surface area contributed by atoms with Crippen molar-refractivity contribution in [3.63, 3.8) is 0 Å². The van der Waals surface area contributed by atoms with Crippen LogP contribution in [0.1, 0.15) is 27.6 Å². The average molecular weight is 240 g/mol. The standard InChI is InChI=1S/C15H12O3/c1-17-13-9-5-4-8-12(13)14-10-6-2-3-7-11(10)15(16)18-14/h2-9,14H,1H3/t14-/m0/s1. The molecule has 3 heteroatoms. The van der Waals surface area contributed by atoms with Crippen LogP contribution in [0.4, 0.5) is 0 Å². The van der Waals surface area contributed by atoms with Gasteiger partial charge in [-0.05, 0) is 12.1 Å². The number of fused-ring (bicyclic) bond motifs is 1. The quantitative estimate of drug-likeness (QED) is 0.757. The van der Waals surface area contributed by atoms with Crippen LogP contribution in [0.2, 0.25) is 0 Å². The molecular weight excluding hydrogens is 228 g/mol. The van der Waals surface area contributed by atoms with Crippen LogP contribution in [-0.2, 0) is 4.74 Å². The second-order valence-corrected chi connectivity index (χ2v) is 4.11. The van der Waals surface area contributed by atoms with Gasteiger partial charge in [-0.2, -0.15) is 0 Å². The zero-order chi connectivity index (χ0) is 12.5. The molecule has 0 saturated heterocycles. The number of hydrogen-bond acceptors (Lipinski definition) is 3. The number of ether oxygens (including phenoxy) is 2. The van der Waals surface area contributed by atoms with Crippen molar-refractivity contribution in [2.24, 2.45) is 0 Å². The van der Waals surface area contributed by atoms with Gasteiger partial charge in [0.1, 0.15) is 5.75 Å². The molecule has 1 aliphatic rings. The zero-order valence-corrected chi connectivity index (χ0v) is 9.92. The highest BCUT2D eigenvalue weighted by atomic mass is 16.6. The number of rotatable bonds is 2. The Hall–Kier alpha value is -2.29. The summed E-state index contributed by atoms with van der Waals surface area (Å²) in [4.78, 5) is 11.8. The van der Waals surface area contributed by atoms with Gasteiger partial charge >= 0.3 is 5.97 Å². The molecule has 0 bridgehead atoms. The van der Waals surface area contributed by atoms with E-state index >= 15 is 0 Å². The van der Waals surface area contributed by atoms with Gasteiger partial charge in [-0.3, -0.25) is 0 Å². The summed E-state index contributed by atoms with van der Waals surface area (Å²) in [5, 5.41) is 0. The summed E-state index contributed by atoms with van der Waals surface area (Å²) in [6.07, 6.45) is -0.371. The lowest BCUT2D eigenvalue weighted by Crippen LogP contribution is -2.02.